The van der Waals surface area contributed by atoms with Gasteiger partial charge in [-0.25, -0.2) is 0 Å². The van der Waals surface area contributed by atoms with E-state index >= 15 is 0 Å². The van der Waals surface area contributed by atoms with E-state index in [0.29, 0.717) is 18.4 Å². The second kappa shape index (κ2) is 11.3. The first-order valence-electron chi connectivity index (χ1n) is 11.7. The van der Waals surface area contributed by atoms with Crippen molar-refractivity contribution in [3.8, 4) is 5.75 Å². The molecule has 4 nitrogen and oxygen atoms in total. The normalized spacial score (nSPS) is 20.4. The Morgan fingerprint density at radius 2 is 1.90 bits per heavy atom. The number of nitrogens with zero attached hydrogens (tertiary/aromatic N) is 1. The summed E-state index contributed by atoms with van der Waals surface area (Å²) in [6.45, 7) is 11.5. The van der Waals surface area contributed by atoms with Crippen LogP contribution in [0.4, 0.5) is 0 Å². The second-order valence-electron chi connectivity index (χ2n) is 9.01. The fraction of sp³-hybridized carbons (Fsp3) is 0.519. The SMILES string of the molecule is CCOC(=O)[C@H](Cc1ccccc1)CN1CCC(c2cccc(OC(C)C)c2)C(C)C1. The lowest BCUT2D eigenvalue weighted by molar-refractivity contribution is -0.148. The van der Waals surface area contributed by atoms with Crippen molar-refractivity contribution in [1.29, 1.82) is 0 Å². The quantitative estimate of drug-likeness (QED) is 0.512. The van der Waals surface area contributed by atoms with Gasteiger partial charge >= 0.3 is 5.97 Å². The molecule has 3 rings (SSSR count). The van der Waals surface area contributed by atoms with Crippen LogP contribution in [0.1, 0.15) is 51.2 Å². The minimum Gasteiger partial charge on any atom is -0.491 e. The van der Waals surface area contributed by atoms with Crippen LogP contribution in [0.15, 0.2) is 54.6 Å². The van der Waals surface area contributed by atoms with Gasteiger partial charge in [-0.3, -0.25) is 4.79 Å². The number of carbonyl (C=O) groups is 1. The van der Waals surface area contributed by atoms with Crippen LogP contribution >= 0.6 is 0 Å². The summed E-state index contributed by atoms with van der Waals surface area (Å²) in [6.07, 6.45) is 1.99. The van der Waals surface area contributed by atoms with E-state index in [4.69, 9.17) is 9.47 Å². The van der Waals surface area contributed by atoms with E-state index in [0.717, 1.165) is 38.2 Å². The summed E-state index contributed by atoms with van der Waals surface area (Å²) >= 11 is 0. The predicted molar refractivity (Wildman–Crippen MR) is 125 cm³/mol. The first-order chi connectivity index (χ1) is 15.0. The smallest absolute Gasteiger partial charge is 0.310 e. The maximum atomic E-state index is 12.7. The summed E-state index contributed by atoms with van der Waals surface area (Å²) in [5.74, 6) is 1.77. The summed E-state index contributed by atoms with van der Waals surface area (Å²) in [7, 11) is 0. The lowest BCUT2D eigenvalue weighted by Crippen LogP contribution is -2.43. The van der Waals surface area contributed by atoms with E-state index in [1.54, 1.807) is 0 Å². The van der Waals surface area contributed by atoms with Crippen molar-refractivity contribution in [3.63, 3.8) is 0 Å². The molecule has 1 heterocycles. The fourth-order valence-electron chi connectivity index (χ4n) is 4.68. The summed E-state index contributed by atoms with van der Waals surface area (Å²) in [6, 6.07) is 18.8. The average Bonchev–Trinajstić information content (AvgIpc) is 2.74. The van der Waals surface area contributed by atoms with Gasteiger partial charge in [0.05, 0.1) is 18.6 Å². The molecule has 3 atom stereocenters. The molecule has 1 fully saturated rings. The molecule has 0 aromatic heterocycles. The fourth-order valence-corrected chi connectivity index (χ4v) is 4.68. The number of benzene rings is 2. The number of rotatable bonds is 9. The van der Waals surface area contributed by atoms with Gasteiger partial charge in [-0.15, -0.1) is 0 Å². The van der Waals surface area contributed by atoms with Gasteiger partial charge in [0, 0.05) is 13.1 Å². The summed E-state index contributed by atoms with van der Waals surface area (Å²) in [5, 5.41) is 0. The molecule has 0 saturated carbocycles. The lowest BCUT2D eigenvalue weighted by Gasteiger charge is -2.38. The zero-order chi connectivity index (χ0) is 22.2. The number of hydrogen-bond acceptors (Lipinski definition) is 4. The molecule has 0 N–H and O–H groups in total. The third kappa shape index (κ3) is 6.83. The topological polar surface area (TPSA) is 38.8 Å². The highest BCUT2D eigenvalue weighted by atomic mass is 16.5. The van der Waals surface area contributed by atoms with E-state index in [-0.39, 0.29) is 18.0 Å². The van der Waals surface area contributed by atoms with E-state index < -0.39 is 0 Å². The molecule has 1 aliphatic rings. The maximum Gasteiger partial charge on any atom is 0.310 e. The van der Waals surface area contributed by atoms with E-state index in [2.05, 4.69) is 56.0 Å². The van der Waals surface area contributed by atoms with Crippen LogP contribution in [0.5, 0.6) is 5.75 Å². The van der Waals surface area contributed by atoms with E-state index in [1.807, 2.05) is 31.2 Å². The highest BCUT2D eigenvalue weighted by molar-refractivity contribution is 5.73. The minimum atomic E-state index is -0.131. The van der Waals surface area contributed by atoms with Crippen molar-refractivity contribution in [3.05, 3.63) is 65.7 Å². The van der Waals surface area contributed by atoms with Crippen molar-refractivity contribution in [1.82, 2.24) is 4.90 Å². The number of ether oxygens (including phenoxy) is 2. The van der Waals surface area contributed by atoms with Crippen LogP contribution in [-0.4, -0.2) is 43.2 Å². The van der Waals surface area contributed by atoms with Gasteiger partial charge in [-0.2, -0.15) is 0 Å². The van der Waals surface area contributed by atoms with Crippen molar-refractivity contribution in [2.75, 3.05) is 26.2 Å². The molecule has 0 amide bonds. The number of likely N-dealkylation sites (tertiary alicyclic amines) is 1. The molecule has 31 heavy (non-hydrogen) atoms. The van der Waals surface area contributed by atoms with Gasteiger partial charge in [0.1, 0.15) is 5.75 Å². The number of esters is 1. The third-order valence-corrected chi connectivity index (χ3v) is 6.07. The Labute approximate surface area is 187 Å². The van der Waals surface area contributed by atoms with Gasteiger partial charge in [0.25, 0.3) is 0 Å². The standard InChI is InChI=1S/C27H37NO3/c1-5-30-27(29)24(16-22-10-7-6-8-11-22)19-28-15-14-26(21(4)18-28)23-12-9-13-25(17-23)31-20(2)3/h6-13,17,20-21,24,26H,5,14-16,18-19H2,1-4H3/t21?,24-,26?/m1/s1. The summed E-state index contributed by atoms with van der Waals surface area (Å²) in [5.41, 5.74) is 2.54. The number of carbonyl (C=O) groups excluding carboxylic acids is 1. The zero-order valence-electron chi connectivity index (χ0n) is 19.4. The average molecular weight is 424 g/mol. The highest BCUT2D eigenvalue weighted by Crippen LogP contribution is 2.34. The van der Waals surface area contributed by atoms with Crippen LogP contribution in [0.25, 0.3) is 0 Å². The van der Waals surface area contributed by atoms with Crippen LogP contribution < -0.4 is 4.74 Å². The zero-order valence-corrected chi connectivity index (χ0v) is 19.4. The first kappa shape index (κ1) is 23.3. The second-order valence-corrected chi connectivity index (χ2v) is 9.01. The van der Waals surface area contributed by atoms with Crippen molar-refractivity contribution in [2.45, 2.75) is 52.6 Å². The highest BCUT2D eigenvalue weighted by Gasteiger charge is 2.31. The Morgan fingerprint density at radius 1 is 1.13 bits per heavy atom. The molecule has 4 heteroatoms. The Kier molecular flexibility index (Phi) is 8.53. The maximum absolute atomic E-state index is 12.7. The van der Waals surface area contributed by atoms with Gasteiger partial charge in [0.15, 0.2) is 0 Å². The summed E-state index contributed by atoms with van der Waals surface area (Å²) < 4.78 is 11.3. The molecule has 1 aliphatic heterocycles. The molecule has 2 aromatic rings. The minimum absolute atomic E-state index is 0.0836. The molecular weight excluding hydrogens is 386 g/mol. The van der Waals surface area contributed by atoms with Gasteiger partial charge < -0.3 is 14.4 Å². The molecule has 0 bridgehead atoms. The Balaban J connectivity index is 1.63. The first-order valence-corrected chi connectivity index (χ1v) is 11.7. The van der Waals surface area contributed by atoms with E-state index in [1.165, 1.54) is 11.1 Å². The molecule has 0 spiro atoms. The molecule has 2 unspecified atom stereocenters. The monoisotopic (exact) mass is 423 g/mol. The van der Waals surface area contributed by atoms with Crippen LogP contribution in [0, 0.1) is 11.8 Å². The molecule has 2 aromatic carbocycles. The Bertz CT molecular complexity index is 820. The largest absolute Gasteiger partial charge is 0.491 e. The summed E-state index contributed by atoms with van der Waals surface area (Å²) in [4.78, 5) is 15.1. The van der Waals surface area contributed by atoms with Crippen molar-refractivity contribution >= 4 is 5.97 Å². The number of piperidine rings is 1. The molecule has 168 valence electrons. The number of hydrogen-bond donors (Lipinski definition) is 0. The van der Waals surface area contributed by atoms with Gasteiger partial charge in [-0.05, 0) is 75.3 Å². The Morgan fingerprint density at radius 3 is 2.58 bits per heavy atom. The Hall–Kier alpha value is -2.33. The van der Waals surface area contributed by atoms with Gasteiger partial charge in [0.2, 0.25) is 0 Å². The van der Waals surface area contributed by atoms with Crippen LogP contribution in [-0.2, 0) is 16.0 Å². The van der Waals surface area contributed by atoms with Crippen molar-refractivity contribution in [2.24, 2.45) is 11.8 Å². The molecular formula is C27H37NO3. The molecule has 0 aliphatic carbocycles. The van der Waals surface area contributed by atoms with Crippen LogP contribution in [0.3, 0.4) is 0 Å². The van der Waals surface area contributed by atoms with Gasteiger partial charge in [-0.1, -0.05) is 49.4 Å². The third-order valence-electron chi connectivity index (χ3n) is 6.07. The van der Waals surface area contributed by atoms with Crippen LogP contribution in [0.2, 0.25) is 0 Å². The van der Waals surface area contributed by atoms with E-state index in [9.17, 15) is 4.79 Å². The van der Waals surface area contributed by atoms with Crippen molar-refractivity contribution < 1.29 is 14.3 Å². The molecule has 0 radical (unpaired) electrons. The molecule has 1 saturated heterocycles. The predicted octanol–water partition coefficient (Wildman–Crippen LogP) is 5.32. The lowest BCUT2D eigenvalue weighted by atomic mass is 9.81.